The van der Waals surface area contributed by atoms with E-state index in [0.29, 0.717) is 11.1 Å². The Hall–Kier alpha value is -1.51. The van der Waals surface area contributed by atoms with Gasteiger partial charge in [-0.2, -0.15) is 0 Å². The van der Waals surface area contributed by atoms with Crippen LogP contribution >= 0.6 is 0 Å². The molecule has 0 aliphatic rings. The lowest BCUT2D eigenvalue weighted by molar-refractivity contribution is -0.135. The third kappa shape index (κ3) is 2.78. The molecule has 0 saturated carbocycles. The fourth-order valence-electron chi connectivity index (χ4n) is 0.974. The number of carbonyl (C=O) groups excluding carboxylic acids is 1. The highest BCUT2D eigenvalue weighted by molar-refractivity contribution is 5.94. The van der Waals surface area contributed by atoms with E-state index in [1.54, 1.807) is 19.9 Å². The Balaban J connectivity index is 5.00. The molecule has 0 aromatic rings. The molecule has 3 nitrogen and oxygen atoms in total. The average Bonchev–Trinajstić information content (AvgIpc) is 2.12. The van der Waals surface area contributed by atoms with Gasteiger partial charge in [-0.05, 0) is 19.4 Å². The number of hydrogen-bond donors (Lipinski definition) is 1. The molecule has 0 unspecified atom stereocenters. The minimum Gasteiger partial charge on any atom is -0.515 e. The van der Waals surface area contributed by atoms with Crippen molar-refractivity contribution >= 4 is 5.97 Å². The molecule has 0 aliphatic carbocycles. The highest BCUT2D eigenvalue weighted by atomic mass is 16.5. The summed E-state index contributed by atoms with van der Waals surface area (Å²) in [4.78, 5) is 11.1. The van der Waals surface area contributed by atoms with Crippen LogP contribution in [0, 0.1) is 0 Å². The Morgan fingerprint density at radius 3 is 2.23 bits per heavy atom. The number of rotatable bonds is 3. The van der Waals surface area contributed by atoms with Crippen LogP contribution in [0.15, 0.2) is 35.6 Å². The van der Waals surface area contributed by atoms with E-state index >= 15 is 0 Å². The molecule has 72 valence electrons. The molecular formula is C10H14O3. The smallest absolute Gasteiger partial charge is 0.341 e. The molecule has 0 radical (unpaired) electrons. The minimum absolute atomic E-state index is 0.123. The number of aliphatic hydroxyl groups is 1. The summed E-state index contributed by atoms with van der Waals surface area (Å²) in [5.41, 5.74) is 1.42. The molecule has 0 heterocycles. The van der Waals surface area contributed by atoms with Gasteiger partial charge < -0.3 is 9.84 Å². The molecule has 0 spiro atoms. The Labute approximate surface area is 78.0 Å². The van der Waals surface area contributed by atoms with E-state index in [0.717, 1.165) is 6.26 Å². The first-order valence-electron chi connectivity index (χ1n) is 3.83. The van der Waals surface area contributed by atoms with Gasteiger partial charge in [0.25, 0.3) is 0 Å². The number of methoxy groups -OCH3 is 1. The molecule has 0 bridgehead atoms. The summed E-state index contributed by atoms with van der Waals surface area (Å²) >= 11 is 0. The molecule has 0 aromatic carbocycles. The van der Waals surface area contributed by atoms with Crippen molar-refractivity contribution in [3.8, 4) is 0 Å². The summed E-state index contributed by atoms with van der Waals surface area (Å²) in [6.45, 7) is 7.20. The summed E-state index contributed by atoms with van der Waals surface area (Å²) in [5, 5.41) is 8.83. The van der Waals surface area contributed by atoms with E-state index in [4.69, 9.17) is 5.11 Å². The number of hydrogen-bond acceptors (Lipinski definition) is 3. The van der Waals surface area contributed by atoms with Gasteiger partial charge in [-0.25, -0.2) is 4.79 Å². The SMILES string of the molecule is C=C(C)C(=C\C)/C(=C\O)C(=O)OC. The van der Waals surface area contributed by atoms with Crippen molar-refractivity contribution in [1.29, 1.82) is 0 Å². The van der Waals surface area contributed by atoms with Crippen molar-refractivity contribution in [2.75, 3.05) is 7.11 Å². The van der Waals surface area contributed by atoms with Crippen LogP contribution in [0.5, 0.6) is 0 Å². The van der Waals surface area contributed by atoms with Crippen LogP contribution in [-0.4, -0.2) is 18.2 Å². The zero-order chi connectivity index (χ0) is 10.4. The molecule has 1 N–H and O–H groups in total. The number of ether oxygens (including phenoxy) is 1. The van der Waals surface area contributed by atoms with Crippen LogP contribution in [0.25, 0.3) is 0 Å². The Kier molecular flexibility index (Phi) is 4.59. The molecule has 13 heavy (non-hydrogen) atoms. The van der Waals surface area contributed by atoms with Crippen molar-refractivity contribution in [1.82, 2.24) is 0 Å². The second kappa shape index (κ2) is 5.19. The normalized spacial score (nSPS) is 12.5. The highest BCUT2D eigenvalue weighted by Gasteiger charge is 2.14. The summed E-state index contributed by atoms with van der Waals surface area (Å²) in [6.07, 6.45) is 2.43. The zero-order valence-corrected chi connectivity index (χ0v) is 8.13. The molecule has 0 aromatic heterocycles. The quantitative estimate of drug-likeness (QED) is 0.315. The maximum Gasteiger partial charge on any atom is 0.341 e. The third-order valence-corrected chi connectivity index (χ3v) is 1.57. The van der Waals surface area contributed by atoms with E-state index in [-0.39, 0.29) is 5.57 Å². The lowest BCUT2D eigenvalue weighted by atomic mass is 10.0. The van der Waals surface area contributed by atoms with Gasteiger partial charge in [0.2, 0.25) is 0 Å². The zero-order valence-electron chi connectivity index (χ0n) is 8.13. The maximum atomic E-state index is 11.1. The number of esters is 1. The van der Waals surface area contributed by atoms with Crippen molar-refractivity contribution in [2.24, 2.45) is 0 Å². The van der Waals surface area contributed by atoms with Crippen LogP contribution in [-0.2, 0) is 9.53 Å². The second-order valence-corrected chi connectivity index (χ2v) is 2.52. The van der Waals surface area contributed by atoms with Gasteiger partial charge in [-0.15, -0.1) is 0 Å². The van der Waals surface area contributed by atoms with Gasteiger partial charge in [-0.3, -0.25) is 0 Å². The van der Waals surface area contributed by atoms with E-state index in [1.165, 1.54) is 7.11 Å². The van der Waals surface area contributed by atoms with Crippen molar-refractivity contribution in [3.63, 3.8) is 0 Å². The monoisotopic (exact) mass is 182 g/mol. The summed E-state index contributed by atoms with van der Waals surface area (Å²) in [7, 11) is 1.26. The van der Waals surface area contributed by atoms with Crippen molar-refractivity contribution < 1.29 is 14.6 Å². The predicted octanol–water partition coefficient (Wildman–Crippen LogP) is 2.12. The molecule has 0 fully saturated rings. The van der Waals surface area contributed by atoms with Crippen LogP contribution in [0.4, 0.5) is 0 Å². The number of allylic oxidation sites excluding steroid dienone is 2. The number of carbonyl (C=O) groups is 1. The Bertz CT molecular complexity index is 272. The number of aliphatic hydroxyl groups excluding tert-OH is 1. The van der Waals surface area contributed by atoms with E-state index in [9.17, 15) is 4.79 Å². The maximum absolute atomic E-state index is 11.1. The standard InChI is InChI=1S/C10H14O3/c1-5-8(7(2)3)9(6-11)10(12)13-4/h5-6,11H,2H2,1,3-4H3/b8-5+,9-6+. The molecule has 0 saturated heterocycles. The van der Waals surface area contributed by atoms with Crippen molar-refractivity contribution in [2.45, 2.75) is 13.8 Å². The van der Waals surface area contributed by atoms with Crippen molar-refractivity contribution in [3.05, 3.63) is 35.6 Å². The largest absolute Gasteiger partial charge is 0.515 e. The molecule has 0 atom stereocenters. The minimum atomic E-state index is -0.571. The molecule has 0 rings (SSSR count). The third-order valence-electron chi connectivity index (χ3n) is 1.57. The molecule has 0 amide bonds. The first kappa shape index (κ1) is 11.5. The van der Waals surface area contributed by atoms with Crippen LogP contribution < -0.4 is 0 Å². The lowest BCUT2D eigenvalue weighted by Gasteiger charge is -2.07. The summed E-state index contributed by atoms with van der Waals surface area (Å²) < 4.78 is 4.49. The Morgan fingerprint density at radius 2 is 2.00 bits per heavy atom. The van der Waals surface area contributed by atoms with E-state index in [2.05, 4.69) is 11.3 Å². The van der Waals surface area contributed by atoms with Crippen LogP contribution in [0.1, 0.15) is 13.8 Å². The van der Waals surface area contributed by atoms with E-state index < -0.39 is 5.97 Å². The van der Waals surface area contributed by atoms with Gasteiger partial charge in [0.05, 0.1) is 13.4 Å². The second-order valence-electron chi connectivity index (χ2n) is 2.52. The van der Waals surface area contributed by atoms with Gasteiger partial charge in [-0.1, -0.05) is 18.2 Å². The first-order valence-corrected chi connectivity index (χ1v) is 3.83. The average molecular weight is 182 g/mol. The Morgan fingerprint density at radius 1 is 1.46 bits per heavy atom. The topological polar surface area (TPSA) is 46.5 Å². The van der Waals surface area contributed by atoms with Gasteiger partial charge in [0, 0.05) is 0 Å². The lowest BCUT2D eigenvalue weighted by Crippen LogP contribution is -2.07. The fraction of sp³-hybridized carbons (Fsp3) is 0.300. The molecule has 0 aliphatic heterocycles. The van der Waals surface area contributed by atoms with Gasteiger partial charge >= 0.3 is 5.97 Å². The molecule has 3 heteroatoms. The van der Waals surface area contributed by atoms with Gasteiger partial charge in [0.15, 0.2) is 0 Å². The van der Waals surface area contributed by atoms with E-state index in [1.807, 2.05) is 0 Å². The predicted molar refractivity (Wildman–Crippen MR) is 51.3 cm³/mol. The fourth-order valence-corrected chi connectivity index (χ4v) is 0.974. The van der Waals surface area contributed by atoms with Crippen LogP contribution in [0.3, 0.4) is 0 Å². The highest BCUT2D eigenvalue weighted by Crippen LogP contribution is 2.18. The van der Waals surface area contributed by atoms with Gasteiger partial charge in [0.1, 0.15) is 5.57 Å². The van der Waals surface area contributed by atoms with Crippen LogP contribution in [0.2, 0.25) is 0 Å². The summed E-state index contributed by atoms with van der Waals surface area (Å²) in [6, 6.07) is 0. The molecular weight excluding hydrogens is 168 g/mol. The first-order chi connectivity index (χ1) is 6.08. The summed E-state index contributed by atoms with van der Waals surface area (Å²) in [5.74, 6) is -0.571.